The Hall–Kier alpha value is -0.300. The van der Waals surface area contributed by atoms with Crippen LogP contribution in [0.3, 0.4) is 0 Å². The summed E-state index contributed by atoms with van der Waals surface area (Å²) in [6, 6.07) is 0. The first-order chi connectivity index (χ1) is 6.81. The maximum absolute atomic E-state index is 5.43. The second-order valence-corrected chi connectivity index (χ2v) is 4.12. The Morgan fingerprint density at radius 1 is 0.929 bits per heavy atom. The highest BCUT2D eigenvalue weighted by molar-refractivity contribution is 4.91. The van der Waals surface area contributed by atoms with Gasteiger partial charge in [-0.3, -0.25) is 0 Å². The smallest absolute Gasteiger partial charge is 0.00773 e. The summed E-state index contributed by atoms with van der Waals surface area (Å²) in [5, 5.41) is 0. The van der Waals surface area contributed by atoms with E-state index >= 15 is 0 Å². The third kappa shape index (κ3) is 9.79. The Bertz CT molecular complexity index is 129. The van der Waals surface area contributed by atoms with Crippen LogP contribution in [0.4, 0.5) is 0 Å². The lowest BCUT2D eigenvalue weighted by Gasteiger charge is -2.02. The monoisotopic (exact) mass is 197 g/mol. The van der Waals surface area contributed by atoms with Gasteiger partial charge in [-0.1, -0.05) is 51.2 Å². The predicted molar refractivity (Wildman–Crippen MR) is 65.4 cm³/mol. The van der Waals surface area contributed by atoms with Crippen LogP contribution >= 0.6 is 0 Å². The van der Waals surface area contributed by atoms with Gasteiger partial charge < -0.3 is 5.73 Å². The second kappa shape index (κ2) is 10.8. The molecule has 0 unspecified atom stereocenters. The van der Waals surface area contributed by atoms with Crippen molar-refractivity contribution in [2.75, 3.05) is 6.54 Å². The van der Waals surface area contributed by atoms with Crippen LogP contribution < -0.4 is 5.73 Å². The first kappa shape index (κ1) is 13.7. The van der Waals surface area contributed by atoms with E-state index in [-0.39, 0.29) is 0 Å². The van der Waals surface area contributed by atoms with Crippen LogP contribution in [-0.4, -0.2) is 6.54 Å². The maximum Gasteiger partial charge on any atom is -0.00773 e. The molecule has 2 N–H and O–H groups in total. The Morgan fingerprint density at radius 2 is 1.43 bits per heavy atom. The summed E-state index contributed by atoms with van der Waals surface area (Å²) in [6.07, 6.45) is 11.8. The first-order valence-corrected chi connectivity index (χ1v) is 6.18. The molecule has 0 aromatic rings. The van der Waals surface area contributed by atoms with E-state index in [1.54, 1.807) is 0 Å². The molecule has 84 valence electrons. The highest BCUT2D eigenvalue weighted by Crippen LogP contribution is 2.12. The minimum Gasteiger partial charge on any atom is -0.330 e. The van der Waals surface area contributed by atoms with Crippen molar-refractivity contribution >= 4 is 0 Å². The molecule has 0 bridgehead atoms. The Labute approximate surface area is 89.8 Å². The molecule has 0 saturated heterocycles. The van der Waals surface area contributed by atoms with Crippen molar-refractivity contribution in [3.63, 3.8) is 0 Å². The summed E-state index contributed by atoms with van der Waals surface area (Å²) < 4.78 is 0. The number of allylic oxidation sites excluding steroid dienone is 1. The number of rotatable bonds is 10. The van der Waals surface area contributed by atoms with E-state index in [1.807, 2.05) is 0 Å². The van der Waals surface area contributed by atoms with Crippen molar-refractivity contribution in [3.05, 3.63) is 12.2 Å². The molecular weight excluding hydrogens is 170 g/mol. The molecule has 0 spiro atoms. The summed E-state index contributed by atoms with van der Waals surface area (Å²) >= 11 is 0. The normalized spacial score (nSPS) is 10.4. The van der Waals surface area contributed by atoms with Gasteiger partial charge in [-0.25, -0.2) is 0 Å². The Balaban J connectivity index is 2.95. The van der Waals surface area contributed by atoms with Gasteiger partial charge in [0.1, 0.15) is 0 Å². The van der Waals surface area contributed by atoms with Gasteiger partial charge in [-0.15, -0.1) is 0 Å². The molecule has 0 aliphatic rings. The van der Waals surface area contributed by atoms with Gasteiger partial charge in [-0.2, -0.15) is 0 Å². The highest BCUT2D eigenvalue weighted by Gasteiger charge is 1.93. The van der Waals surface area contributed by atoms with Gasteiger partial charge in [0.05, 0.1) is 0 Å². The van der Waals surface area contributed by atoms with Crippen LogP contribution in [0.25, 0.3) is 0 Å². The molecule has 0 radical (unpaired) electrons. The molecule has 0 atom stereocenters. The van der Waals surface area contributed by atoms with E-state index in [2.05, 4.69) is 13.5 Å². The van der Waals surface area contributed by atoms with Crippen LogP contribution in [0.5, 0.6) is 0 Å². The summed E-state index contributed by atoms with van der Waals surface area (Å²) in [6.45, 7) is 7.06. The Kier molecular flexibility index (Phi) is 10.5. The van der Waals surface area contributed by atoms with Crippen molar-refractivity contribution in [2.45, 2.75) is 64.7 Å². The summed E-state index contributed by atoms with van der Waals surface area (Å²) in [5.41, 5.74) is 6.84. The fraction of sp³-hybridized carbons (Fsp3) is 0.846. The number of hydrogen-bond donors (Lipinski definition) is 1. The predicted octanol–water partition coefficient (Wildman–Crippen LogP) is 4.03. The van der Waals surface area contributed by atoms with Crippen molar-refractivity contribution in [1.82, 2.24) is 0 Å². The number of unbranched alkanes of at least 4 members (excludes halogenated alkanes) is 6. The lowest BCUT2D eigenvalue weighted by molar-refractivity contribution is 0.580. The summed E-state index contributed by atoms with van der Waals surface area (Å²) in [4.78, 5) is 0. The summed E-state index contributed by atoms with van der Waals surface area (Å²) in [5.74, 6) is 0. The van der Waals surface area contributed by atoms with E-state index < -0.39 is 0 Å². The largest absolute Gasteiger partial charge is 0.330 e. The molecule has 1 heteroatoms. The lowest BCUT2D eigenvalue weighted by atomic mass is 10.0. The van der Waals surface area contributed by atoms with Gasteiger partial charge in [-0.05, 0) is 32.2 Å². The molecule has 1 nitrogen and oxygen atoms in total. The average molecular weight is 197 g/mol. The van der Waals surface area contributed by atoms with E-state index in [4.69, 9.17) is 5.73 Å². The number of hydrogen-bond acceptors (Lipinski definition) is 1. The molecule has 0 aliphatic carbocycles. The standard InChI is InChI=1S/C13H27N/c1-3-13(2)11-9-7-5-4-6-8-10-12-14/h2-12,14H2,1H3. The average Bonchev–Trinajstić information content (AvgIpc) is 2.21. The van der Waals surface area contributed by atoms with Crippen LogP contribution in [0, 0.1) is 0 Å². The minimum atomic E-state index is 0.857. The molecule has 0 rings (SSSR count). The van der Waals surface area contributed by atoms with E-state index in [1.165, 1.54) is 56.9 Å². The van der Waals surface area contributed by atoms with Gasteiger partial charge in [0.2, 0.25) is 0 Å². The molecule has 0 saturated carbocycles. The van der Waals surface area contributed by atoms with Crippen LogP contribution in [0.15, 0.2) is 12.2 Å². The zero-order valence-electron chi connectivity index (χ0n) is 9.86. The van der Waals surface area contributed by atoms with Gasteiger partial charge >= 0.3 is 0 Å². The fourth-order valence-corrected chi connectivity index (χ4v) is 1.58. The minimum absolute atomic E-state index is 0.857. The van der Waals surface area contributed by atoms with Crippen LogP contribution in [0.1, 0.15) is 64.7 Å². The zero-order valence-corrected chi connectivity index (χ0v) is 9.86. The van der Waals surface area contributed by atoms with Crippen molar-refractivity contribution < 1.29 is 0 Å². The number of nitrogens with two attached hydrogens (primary N) is 1. The van der Waals surface area contributed by atoms with Gasteiger partial charge in [0, 0.05) is 0 Å². The van der Waals surface area contributed by atoms with E-state index in [0.717, 1.165) is 13.0 Å². The topological polar surface area (TPSA) is 26.0 Å². The molecule has 0 fully saturated rings. The third-order valence-electron chi connectivity index (χ3n) is 2.73. The molecular formula is C13H27N. The third-order valence-corrected chi connectivity index (χ3v) is 2.73. The molecule has 0 amide bonds. The highest BCUT2D eigenvalue weighted by atomic mass is 14.5. The molecule has 0 heterocycles. The Morgan fingerprint density at radius 3 is 1.93 bits per heavy atom. The van der Waals surface area contributed by atoms with E-state index in [9.17, 15) is 0 Å². The first-order valence-electron chi connectivity index (χ1n) is 6.18. The summed E-state index contributed by atoms with van der Waals surface area (Å²) in [7, 11) is 0. The molecule has 0 aliphatic heterocycles. The SMILES string of the molecule is C=C(CC)CCCCCCCCCN. The van der Waals surface area contributed by atoms with Gasteiger partial charge in [0.15, 0.2) is 0 Å². The molecule has 0 aromatic heterocycles. The molecule has 14 heavy (non-hydrogen) atoms. The second-order valence-electron chi connectivity index (χ2n) is 4.12. The van der Waals surface area contributed by atoms with E-state index in [0.29, 0.717) is 0 Å². The quantitative estimate of drug-likeness (QED) is 0.415. The zero-order chi connectivity index (χ0) is 10.6. The van der Waals surface area contributed by atoms with Crippen molar-refractivity contribution in [2.24, 2.45) is 5.73 Å². The van der Waals surface area contributed by atoms with Crippen molar-refractivity contribution in [1.29, 1.82) is 0 Å². The van der Waals surface area contributed by atoms with Gasteiger partial charge in [0.25, 0.3) is 0 Å². The maximum atomic E-state index is 5.43. The lowest BCUT2D eigenvalue weighted by Crippen LogP contribution is -1.97. The van der Waals surface area contributed by atoms with Crippen LogP contribution in [0.2, 0.25) is 0 Å². The molecule has 0 aromatic carbocycles. The van der Waals surface area contributed by atoms with Crippen molar-refractivity contribution in [3.8, 4) is 0 Å². The fourth-order valence-electron chi connectivity index (χ4n) is 1.58. The van der Waals surface area contributed by atoms with Crippen LogP contribution in [-0.2, 0) is 0 Å².